The van der Waals surface area contributed by atoms with Crippen molar-refractivity contribution in [1.29, 1.82) is 0 Å². The molecule has 0 aromatic heterocycles. The van der Waals surface area contributed by atoms with Crippen molar-refractivity contribution in [3.05, 3.63) is 53.6 Å². The second kappa shape index (κ2) is 6.60. The van der Waals surface area contributed by atoms with E-state index < -0.39 is 23.6 Å². The maximum absolute atomic E-state index is 12.7. The molecule has 3 rings (SSSR count). The van der Waals surface area contributed by atoms with Crippen LogP contribution in [0.3, 0.4) is 0 Å². The highest BCUT2D eigenvalue weighted by atomic mass is 16.5. The molecule has 0 aliphatic carbocycles. The highest BCUT2D eigenvalue weighted by molar-refractivity contribution is 6.39. The van der Waals surface area contributed by atoms with Gasteiger partial charge in [0.2, 0.25) is 0 Å². The van der Waals surface area contributed by atoms with Crippen LogP contribution >= 0.6 is 0 Å². The van der Waals surface area contributed by atoms with Crippen molar-refractivity contribution in [1.82, 2.24) is 5.32 Å². The SMILES string of the molecule is COc1cccc(N2C(=O)NC(=O)/C(=C\c3ccc(O)c(O)c3)C2=O)c1. The first kappa shape index (κ1) is 17.0. The average molecular weight is 354 g/mol. The molecule has 0 bridgehead atoms. The zero-order valence-corrected chi connectivity index (χ0v) is 13.6. The van der Waals surface area contributed by atoms with Gasteiger partial charge in [0.05, 0.1) is 12.8 Å². The van der Waals surface area contributed by atoms with Gasteiger partial charge >= 0.3 is 6.03 Å². The molecule has 26 heavy (non-hydrogen) atoms. The van der Waals surface area contributed by atoms with Gasteiger partial charge in [-0.05, 0) is 35.9 Å². The minimum Gasteiger partial charge on any atom is -0.504 e. The topological polar surface area (TPSA) is 116 Å². The van der Waals surface area contributed by atoms with Crippen molar-refractivity contribution >= 4 is 29.6 Å². The first-order chi connectivity index (χ1) is 12.4. The number of urea groups is 1. The van der Waals surface area contributed by atoms with Gasteiger partial charge in [0.25, 0.3) is 11.8 Å². The molecule has 1 heterocycles. The Morgan fingerprint density at radius 3 is 2.50 bits per heavy atom. The molecule has 0 spiro atoms. The van der Waals surface area contributed by atoms with E-state index in [2.05, 4.69) is 5.32 Å². The molecule has 4 amide bonds. The van der Waals surface area contributed by atoms with Gasteiger partial charge in [-0.1, -0.05) is 12.1 Å². The van der Waals surface area contributed by atoms with Gasteiger partial charge in [-0.3, -0.25) is 14.9 Å². The van der Waals surface area contributed by atoms with Crippen molar-refractivity contribution in [2.75, 3.05) is 12.0 Å². The summed E-state index contributed by atoms with van der Waals surface area (Å²) in [4.78, 5) is 37.8. The molecule has 0 unspecified atom stereocenters. The monoisotopic (exact) mass is 354 g/mol. The molecular formula is C18H14N2O6. The number of anilines is 1. The molecule has 8 nitrogen and oxygen atoms in total. The van der Waals surface area contributed by atoms with E-state index in [1.54, 1.807) is 12.1 Å². The first-order valence-electron chi connectivity index (χ1n) is 7.48. The number of rotatable bonds is 3. The van der Waals surface area contributed by atoms with E-state index in [9.17, 15) is 24.6 Å². The third-order valence-electron chi connectivity index (χ3n) is 3.72. The van der Waals surface area contributed by atoms with E-state index in [-0.39, 0.29) is 17.0 Å². The number of carbonyl (C=O) groups excluding carboxylic acids is 3. The minimum atomic E-state index is -0.876. The molecule has 3 N–H and O–H groups in total. The van der Waals surface area contributed by atoms with Crippen LogP contribution in [0, 0.1) is 0 Å². The van der Waals surface area contributed by atoms with Gasteiger partial charge in [0.15, 0.2) is 11.5 Å². The fourth-order valence-electron chi connectivity index (χ4n) is 2.44. The molecule has 2 aromatic rings. The lowest BCUT2D eigenvalue weighted by Crippen LogP contribution is -2.54. The lowest BCUT2D eigenvalue weighted by molar-refractivity contribution is -0.122. The Kier molecular flexibility index (Phi) is 4.32. The summed E-state index contributed by atoms with van der Waals surface area (Å²) in [6, 6.07) is 9.21. The predicted molar refractivity (Wildman–Crippen MR) is 91.8 cm³/mol. The van der Waals surface area contributed by atoms with Gasteiger partial charge in [-0.2, -0.15) is 0 Å². The summed E-state index contributed by atoms with van der Waals surface area (Å²) in [6.45, 7) is 0. The Labute approximate surface area is 147 Å². The van der Waals surface area contributed by atoms with Crippen LogP contribution in [0.2, 0.25) is 0 Å². The van der Waals surface area contributed by atoms with Gasteiger partial charge in [0, 0.05) is 6.07 Å². The van der Waals surface area contributed by atoms with Crippen molar-refractivity contribution in [2.45, 2.75) is 0 Å². The van der Waals surface area contributed by atoms with Gasteiger partial charge in [-0.25, -0.2) is 9.69 Å². The number of nitrogens with one attached hydrogen (secondary N) is 1. The van der Waals surface area contributed by atoms with Crippen LogP contribution in [-0.4, -0.2) is 35.2 Å². The lowest BCUT2D eigenvalue weighted by atomic mass is 10.1. The Hall–Kier alpha value is -3.81. The third kappa shape index (κ3) is 3.07. The smallest absolute Gasteiger partial charge is 0.335 e. The first-order valence-corrected chi connectivity index (χ1v) is 7.48. The Morgan fingerprint density at radius 1 is 1.04 bits per heavy atom. The van der Waals surface area contributed by atoms with Crippen molar-refractivity contribution in [3.8, 4) is 17.2 Å². The zero-order chi connectivity index (χ0) is 18.8. The summed E-state index contributed by atoms with van der Waals surface area (Å²) in [7, 11) is 1.45. The van der Waals surface area contributed by atoms with E-state index in [4.69, 9.17) is 4.74 Å². The summed E-state index contributed by atoms with van der Waals surface area (Å²) >= 11 is 0. The summed E-state index contributed by atoms with van der Waals surface area (Å²) in [5.41, 5.74) is 0.245. The number of methoxy groups -OCH3 is 1. The van der Waals surface area contributed by atoms with Gasteiger partial charge in [0.1, 0.15) is 11.3 Å². The molecular weight excluding hydrogens is 340 g/mol. The lowest BCUT2D eigenvalue weighted by Gasteiger charge is -2.26. The summed E-state index contributed by atoms with van der Waals surface area (Å²) in [6.07, 6.45) is 1.22. The molecule has 0 radical (unpaired) electrons. The largest absolute Gasteiger partial charge is 0.504 e. The standard InChI is InChI=1S/C18H14N2O6/c1-26-12-4-2-3-11(9-12)20-17(24)13(16(23)19-18(20)25)7-10-5-6-14(21)15(22)8-10/h2-9,21-22H,1H3,(H,19,23,25)/b13-7+. The number of benzene rings is 2. The normalized spacial score (nSPS) is 16.0. The number of phenols is 2. The fourth-order valence-corrected chi connectivity index (χ4v) is 2.44. The molecule has 1 fully saturated rings. The maximum Gasteiger partial charge on any atom is 0.335 e. The quantitative estimate of drug-likeness (QED) is 0.439. The zero-order valence-electron chi connectivity index (χ0n) is 13.6. The number of imide groups is 2. The second-order valence-corrected chi connectivity index (χ2v) is 5.41. The van der Waals surface area contributed by atoms with E-state index >= 15 is 0 Å². The number of aromatic hydroxyl groups is 2. The fraction of sp³-hybridized carbons (Fsp3) is 0.0556. The Balaban J connectivity index is 2.02. The number of hydrogen-bond acceptors (Lipinski definition) is 6. The van der Waals surface area contributed by atoms with Crippen molar-refractivity contribution in [3.63, 3.8) is 0 Å². The predicted octanol–water partition coefficient (Wildman–Crippen LogP) is 1.77. The molecule has 8 heteroatoms. The number of phenolic OH excluding ortho intramolecular Hbond substituents is 2. The van der Waals surface area contributed by atoms with Crippen LogP contribution in [0.15, 0.2) is 48.0 Å². The summed E-state index contributed by atoms with van der Waals surface area (Å²) in [5.74, 6) is -1.97. The molecule has 0 atom stereocenters. The number of amides is 4. The molecule has 132 valence electrons. The summed E-state index contributed by atoms with van der Waals surface area (Å²) < 4.78 is 5.08. The van der Waals surface area contributed by atoms with Crippen molar-refractivity contribution < 1.29 is 29.3 Å². The van der Waals surface area contributed by atoms with Gasteiger partial charge in [-0.15, -0.1) is 0 Å². The number of carbonyl (C=O) groups is 3. The van der Waals surface area contributed by atoms with E-state index in [0.29, 0.717) is 11.3 Å². The van der Waals surface area contributed by atoms with Crippen LogP contribution < -0.4 is 15.0 Å². The molecule has 1 aliphatic heterocycles. The van der Waals surface area contributed by atoms with Gasteiger partial charge < -0.3 is 14.9 Å². The molecule has 1 aliphatic rings. The highest BCUT2D eigenvalue weighted by Crippen LogP contribution is 2.28. The highest BCUT2D eigenvalue weighted by Gasteiger charge is 2.36. The second-order valence-electron chi connectivity index (χ2n) is 5.41. The average Bonchev–Trinajstić information content (AvgIpc) is 2.61. The van der Waals surface area contributed by atoms with E-state index in [1.165, 1.54) is 43.5 Å². The van der Waals surface area contributed by atoms with Crippen LogP contribution in [0.4, 0.5) is 10.5 Å². The Morgan fingerprint density at radius 2 is 1.81 bits per heavy atom. The Bertz CT molecular complexity index is 950. The van der Waals surface area contributed by atoms with E-state index in [0.717, 1.165) is 4.90 Å². The van der Waals surface area contributed by atoms with Crippen molar-refractivity contribution in [2.24, 2.45) is 0 Å². The molecule has 0 saturated carbocycles. The van der Waals surface area contributed by atoms with E-state index in [1.807, 2.05) is 0 Å². The number of nitrogens with zero attached hydrogens (tertiary/aromatic N) is 1. The number of barbiturate groups is 1. The maximum atomic E-state index is 12.7. The molecule has 2 aromatic carbocycles. The minimum absolute atomic E-state index is 0.235. The van der Waals surface area contributed by atoms with Crippen LogP contribution in [0.1, 0.15) is 5.56 Å². The van der Waals surface area contributed by atoms with Crippen LogP contribution in [-0.2, 0) is 9.59 Å². The van der Waals surface area contributed by atoms with Crippen LogP contribution in [0.5, 0.6) is 17.2 Å². The van der Waals surface area contributed by atoms with Crippen LogP contribution in [0.25, 0.3) is 6.08 Å². The number of ether oxygens (including phenoxy) is 1. The molecule has 1 saturated heterocycles. The summed E-state index contributed by atoms with van der Waals surface area (Å²) in [5, 5.41) is 21.0. The number of hydrogen-bond donors (Lipinski definition) is 3. The third-order valence-corrected chi connectivity index (χ3v) is 3.72.